The SMILES string of the molecule is CC(C)Cc1cc(=O)n(CC(=O)O)[nH]1. The van der Waals surface area contributed by atoms with Crippen LogP contribution in [0.2, 0.25) is 0 Å². The smallest absolute Gasteiger partial charge is 0.325 e. The monoisotopic (exact) mass is 198 g/mol. The number of nitrogens with zero attached hydrogens (tertiary/aromatic N) is 1. The Labute approximate surface area is 81.3 Å². The molecular weight excluding hydrogens is 184 g/mol. The first kappa shape index (κ1) is 10.6. The number of hydrogen-bond donors (Lipinski definition) is 2. The molecule has 0 aliphatic rings. The summed E-state index contributed by atoms with van der Waals surface area (Å²) >= 11 is 0. The van der Waals surface area contributed by atoms with Crippen LogP contribution in [-0.4, -0.2) is 20.9 Å². The van der Waals surface area contributed by atoms with Crippen LogP contribution in [0.1, 0.15) is 19.5 Å². The lowest BCUT2D eigenvalue weighted by atomic mass is 10.1. The van der Waals surface area contributed by atoms with Gasteiger partial charge in [0.25, 0.3) is 5.56 Å². The number of carbonyl (C=O) groups is 1. The van der Waals surface area contributed by atoms with Crippen molar-refractivity contribution in [3.63, 3.8) is 0 Å². The van der Waals surface area contributed by atoms with Crippen molar-refractivity contribution in [1.29, 1.82) is 0 Å². The Kier molecular flexibility index (Phi) is 3.11. The molecule has 5 heteroatoms. The van der Waals surface area contributed by atoms with Crippen LogP contribution in [0.3, 0.4) is 0 Å². The maximum atomic E-state index is 11.2. The lowest BCUT2D eigenvalue weighted by Crippen LogP contribution is -2.20. The third-order valence-electron chi connectivity index (χ3n) is 1.76. The molecule has 1 heterocycles. The molecule has 0 radical (unpaired) electrons. The number of aromatic amines is 1. The van der Waals surface area contributed by atoms with Crippen molar-refractivity contribution in [3.05, 3.63) is 22.1 Å². The molecule has 5 nitrogen and oxygen atoms in total. The first-order chi connectivity index (χ1) is 6.49. The number of aliphatic carboxylic acids is 1. The fourth-order valence-electron chi connectivity index (χ4n) is 1.28. The van der Waals surface area contributed by atoms with Gasteiger partial charge in [-0.15, -0.1) is 0 Å². The molecule has 0 amide bonds. The Balaban J connectivity index is 2.82. The van der Waals surface area contributed by atoms with Crippen molar-refractivity contribution >= 4 is 5.97 Å². The number of aromatic nitrogens is 2. The van der Waals surface area contributed by atoms with Crippen LogP contribution in [0.25, 0.3) is 0 Å². The van der Waals surface area contributed by atoms with Gasteiger partial charge < -0.3 is 5.11 Å². The highest BCUT2D eigenvalue weighted by Gasteiger charge is 2.07. The van der Waals surface area contributed by atoms with Crippen molar-refractivity contribution < 1.29 is 9.90 Å². The molecule has 0 aliphatic heterocycles. The van der Waals surface area contributed by atoms with Gasteiger partial charge >= 0.3 is 5.97 Å². The van der Waals surface area contributed by atoms with Gasteiger partial charge in [0, 0.05) is 11.8 Å². The molecule has 0 unspecified atom stereocenters. The maximum Gasteiger partial charge on any atom is 0.325 e. The van der Waals surface area contributed by atoms with E-state index in [1.54, 1.807) is 0 Å². The molecule has 0 atom stereocenters. The normalized spacial score (nSPS) is 10.8. The summed E-state index contributed by atoms with van der Waals surface area (Å²) in [6.45, 7) is 3.76. The predicted octanol–water partition coefficient (Wildman–Crippen LogP) is 0.459. The van der Waals surface area contributed by atoms with Crippen LogP contribution in [0.15, 0.2) is 10.9 Å². The van der Waals surface area contributed by atoms with E-state index in [1.165, 1.54) is 6.07 Å². The van der Waals surface area contributed by atoms with Crippen LogP contribution >= 0.6 is 0 Å². The van der Waals surface area contributed by atoms with Crippen LogP contribution in [-0.2, 0) is 17.8 Å². The van der Waals surface area contributed by atoms with Crippen molar-refractivity contribution in [1.82, 2.24) is 9.78 Å². The third kappa shape index (κ3) is 2.76. The first-order valence-electron chi connectivity index (χ1n) is 4.49. The van der Waals surface area contributed by atoms with Gasteiger partial charge in [0.2, 0.25) is 0 Å². The van der Waals surface area contributed by atoms with Gasteiger partial charge in [-0.2, -0.15) is 0 Å². The predicted molar refractivity (Wildman–Crippen MR) is 51.2 cm³/mol. The van der Waals surface area contributed by atoms with Crippen molar-refractivity contribution in [2.45, 2.75) is 26.8 Å². The van der Waals surface area contributed by atoms with Gasteiger partial charge in [-0.25, -0.2) is 4.68 Å². The summed E-state index contributed by atoms with van der Waals surface area (Å²) < 4.78 is 1.10. The fourth-order valence-corrected chi connectivity index (χ4v) is 1.28. The Morgan fingerprint density at radius 2 is 2.29 bits per heavy atom. The van der Waals surface area contributed by atoms with Crippen LogP contribution in [0.4, 0.5) is 0 Å². The summed E-state index contributed by atoms with van der Waals surface area (Å²) in [7, 11) is 0. The van der Waals surface area contributed by atoms with E-state index in [0.29, 0.717) is 5.92 Å². The van der Waals surface area contributed by atoms with Crippen LogP contribution in [0, 0.1) is 5.92 Å². The number of nitrogens with one attached hydrogen (secondary N) is 1. The highest BCUT2D eigenvalue weighted by molar-refractivity contribution is 5.66. The van der Waals surface area contributed by atoms with E-state index < -0.39 is 5.97 Å². The quantitative estimate of drug-likeness (QED) is 0.738. The minimum Gasteiger partial charge on any atom is -0.480 e. The lowest BCUT2D eigenvalue weighted by molar-refractivity contribution is -0.137. The lowest BCUT2D eigenvalue weighted by Gasteiger charge is -2.01. The van der Waals surface area contributed by atoms with Gasteiger partial charge in [0.1, 0.15) is 6.54 Å². The number of carboxylic acid groups (broad SMARTS) is 1. The van der Waals surface area contributed by atoms with Gasteiger partial charge in [-0.3, -0.25) is 14.7 Å². The molecule has 1 aromatic heterocycles. The maximum absolute atomic E-state index is 11.2. The summed E-state index contributed by atoms with van der Waals surface area (Å²) in [6, 6.07) is 1.45. The Morgan fingerprint density at radius 3 is 2.79 bits per heavy atom. The molecule has 0 saturated heterocycles. The van der Waals surface area contributed by atoms with Gasteiger partial charge in [-0.05, 0) is 12.3 Å². The standard InChI is InChI=1S/C9H14N2O3/c1-6(2)3-7-4-8(12)11(10-7)5-9(13)14/h4,6,10H,3,5H2,1-2H3,(H,13,14). The van der Waals surface area contributed by atoms with E-state index >= 15 is 0 Å². The Bertz CT molecular complexity index is 376. The van der Waals surface area contributed by atoms with E-state index in [1.807, 2.05) is 13.8 Å². The number of H-pyrrole nitrogens is 1. The zero-order valence-electron chi connectivity index (χ0n) is 8.28. The fraction of sp³-hybridized carbons (Fsp3) is 0.556. The van der Waals surface area contributed by atoms with E-state index in [-0.39, 0.29) is 12.1 Å². The molecular formula is C9H14N2O3. The zero-order chi connectivity index (χ0) is 10.7. The minimum absolute atomic E-state index is 0.289. The van der Waals surface area contributed by atoms with Gasteiger partial charge in [-0.1, -0.05) is 13.8 Å². The molecule has 0 bridgehead atoms. The molecule has 0 spiro atoms. The average Bonchev–Trinajstić information content (AvgIpc) is 2.28. The van der Waals surface area contributed by atoms with E-state index in [9.17, 15) is 9.59 Å². The molecule has 2 N–H and O–H groups in total. The average molecular weight is 198 g/mol. The number of carboxylic acids is 1. The van der Waals surface area contributed by atoms with Gasteiger partial charge in [0.05, 0.1) is 0 Å². The van der Waals surface area contributed by atoms with Crippen LogP contribution in [0.5, 0.6) is 0 Å². The summed E-state index contributed by atoms with van der Waals surface area (Å²) in [5.74, 6) is -0.587. The molecule has 14 heavy (non-hydrogen) atoms. The summed E-state index contributed by atoms with van der Waals surface area (Å²) in [5, 5.41) is 11.3. The second kappa shape index (κ2) is 4.13. The molecule has 0 aliphatic carbocycles. The molecule has 78 valence electrons. The van der Waals surface area contributed by atoms with Crippen molar-refractivity contribution in [2.75, 3.05) is 0 Å². The van der Waals surface area contributed by atoms with Gasteiger partial charge in [0.15, 0.2) is 0 Å². The highest BCUT2D eigenvalue weighted by atomic mass is 16.4. The second-order valence-corrected chi connectivity index (χ2v) is 3.70. The second-order valence-electron chi connectivity index (χ2n) is 3.70. The summed E-state index contributed by atoms with van der Waals surface area (Å²) in [6.07, 6.45) is 0.752. The molecule has 0 saturated carbocycles. The summed E-state index contributed by atoms with van der Waals surface area (Å²) in [4.78, 5) is 21.6. The van der Waals surface area contributed by atoms with Crippen molar-refractivity contribution in [2.24, 2.45) is 5.92 Å². The van der Waals surface area contributed by atoms with Crippen molar-refractivity contribution in [3.8, 4) is 0 Å². The number of hydrogen-bond acceptors (Lipinski definition) is 2. The molecule has 1 rings (SSSR count). The Hall–Kier alpha value is -1.52. The van der Waals surface area contributed by atoms with E-state index in [4.69, 9.17) is 5.11 Å². The number of rotatable bonds is 4. The molecule has 1 aromatic rings. The molecule has 0 aromatic carbocycles. The van der Waals surface area contributed by atoms with Crippen LogP contribution < -0.4 is 5.56 Å². The third-order valence-corrected chi connectivity index (χ3v) is 1.76. The zero-order valence-corrected chi connectivity index (χ0v) is 8.28. The Morgan fingerprint density at radius 1 is 1.64 bits per heavy atom. The largest absolute Gasteiger partial charge is 0.480 e. The summed E-state index contributed by atoms with van der Waals surface area (Å²) in [5.41, 5.74) is 0.495. The molecule has 0 fully saturated rings. The van der Waals surface area contributed by atoms with E-state index in [2.05, 4.69) is 5.10 Å². The first-order valence-corrected chi connectivity index (χ1v) is 4.49. The highest BCUT2D eigenvalue weighted by Crippen LogP contribution is 2.02. The topological polar surface area (TPSA) is 75.1 Å². The van der Waals surface area contributed by atoms with E-state index in [0.717, 1.165) is 16.8 Å². The minimum atomic E-state index is -1.02.